The van der Waals surface area contributed by atoms with Gasteiger partial charge in [0, 0.05) is 6.54 Å². The molecule has 0 aliphatic carbocycles. The molecule has 0 radical (unpaired) electrons. The molecule has 0 aromatic rings. The van der Waals surface area contributed by atoms with E-state index < -0.39 is 17.7 Å². The Labute approximate surface area is 133 Å². The van der Waals surface area contributed by atoms with Crippen molar-refractivity contribution in [2.75, 3.05) is 20.1 Å². The molecule has 2 amide bonds. The summed E-state index contributed by atoms with van der Waals surface area (Å²) in [6, 6.07) is -0.931. The van der Waals surface area contributed by atoms with Gasteiger partial charge in [0.25, 0.3) is 5.91 Å². The highest BCUT2D eigenvalue weighted by Gasteiger charge is 2.33. The minimum absolute atomic E-state index is 0.151. The number of Topliss-reactive ketones (excluding diaryl/α,β-unsaturated/α-hetero) is 1. The summed E-state index contributed by atoms with van der Waals surface area (Å²) in [4.78, 5) is 38.5. The highest BCUT2D eigenvalue weighted by molar-refractivity contribution is 6.38. The first-order valence-corrected chi connectivity index (χ1v) is 8.19. The second kappa shape index (κ2) is 8.88. The van der Waals surface area contributed by atoms with E-state index in [1.165, 1.54) is 0 Å². The standard InChI is InChI=1S/C16H29N3O3/c1-5-8-17-16(22)14(20)12(10-11(2)3)18-15(21)13-7-6-9-19(13)4/h11-13H,5-10H2,1-4H3,(H,17,22)(H,18,21). The molecule has 1 rings (SSSR count). The smallest absolute Gasteiger partial charge is 0.289 e. The number of hydrogen-bond donors (Lipinski definition) is 2. The molecule has 2 unspecified atom stereocenters. The van der Waals surface area contributed by atoms with Crippen LogP contribution in [0, 0.1) is 5.92 Å². The average molecular weight is 311 g/mol. The molecule has 1 heterocycles. The predicted octanol–water partition coefficient (Wildman–Crippen LogP) is 0.707. The third-order valence-corrected chi connectivity index (χ3v) is 3.92. The van der Waals surface area contributed by atoms with Crippen LogP contribution >= 0.6 is 0 Å². The molecule has 1 fully saturated rings. The number of ketones is 1. The molecule has 6 nitrogen and oxygen atoms in total. The molecule has 1 aliphatic heterocycles. The zero-order valence-electron chi connectivity index (χ0n) is 14.1. The quantitative estimate of drug-likeness (QED) is 0.647. The van der Waals surface area contributed by atoms with Crippen LogP contribution in [-0.2, 0) is 14.4 Å². The van der Waals surface area contributed by atoms with Gasteiger partial charge in [0.05, 0.1) is 12.1 Å². The van der Waals surface area contributed by atoms with Crippen molar-refractivity contribution in [1.29, 1.82) is 0 Å². The summed E-state index contributed by atoms with van der Waals surface area (Å²) in [5.41, 5.74) is 0. The zero-order chi connectivity index (χ0) is 16.7. The van der Waals surface area contributed by atoms with Crippen molar-refractivity contribution in [1.82, 2.24) is 15.5 Å². The minimum Gasteiger partial charge on any atom is -0.349 e. The van der Waals surface area contributed by atoms with Crippen molar-refractivity contribution >= 4 is 17.6 Å². The first-order valence-electron chi connectivity index (χ1n) is 8.19. The number of hydrogen-bond acceptors (Lipinski definition) is 4. The Morgan fingerprint density at radius 2 is 1.95 bits per heavy atom. The fourth-order valence-corrected chi connectivity index (χ4v) is 2.70. The number of carbonyl (C=O) groups is 3. The van der Waals surface area contributed by atoms with Crippen molar-refractivity contribution in [2.24, 2.45) is 5.92 Å². The molecular formula is C16H29N3O3. The maximum atomic E-state index is 12.4. The van der Waals surface area contributed by atoms with Gasteiger partial charge in [-0.2, -0.15) is 0 Å². The topological polar surface area (TPSA) is 78.5 Å². The molecule has 0 saturated carbocycles. The maximum absolute atomic E-state index is 12.4. The Morgan fingerprint density at radius 3 is 2.45 bits per heavy atom. The van der Waals surface area contributed by atoms with Crippen LogP contribution in [-0.4, -0.2) is 54.7 Å². The van der Waals surface area contributed by atoms with Gasteiger partial charge in [-0.3, -0.25) is 19.3 Å². The van der Waals surface area contributed by atoms with Crippen LogP contribution < -0.4 is 10.6 Å². The van der Waals surface area contributed by atoms with Gasteiger partial charge in [-0.15, -0.1) is 0 Å². The second-order valence-corrected chi connectivity index (χ2v) is 6.45. The lowest BCUT2D eigenvalue weighted by molar-refractivity contribution is -0.140. The number of likely N-dealkylation sites (N-methyl/N-ethyl adjacent to an activating group) is 1. The van der Waals surface area contributed by atoms with Crippen LogP contribution in [0.5, 0.6) is 0 Å². The first kappa shape index (κ1) is 18.6. The Bertz CT molecular complexity index is 409. The number of rotatable bonds is 8. The second-order valence-electron chi connectivity index (χ2n) is 6.45. The average Bonchev–Trinajstić information content (AvgIpc) is 2.88. The fourth-order valence-electron chi connectivity index (χ4n) is 2.70. The number of likely N-dealkylation sites (tertiary alicyclic amines) is 1. The van der Waals surface area contributed by atoms with Crippen molar-refractivity contribution in [3.05, 3.63) is 0 Å². The minimum atomic E-state index is -0.738. The van der Waals surface area contributed by atoms with E-state index in [0.29, 0.717) is 13.0 Å². The van der Waals surface area contributed by atoms with E-state index in [4.69, 9.17) is 0 Å². The van der Waals surface area contributed by atoms with Gasteiger partial charge in [-0.05, 0) is 45.2 Å². The van der Waals surface area contributed by atoms with Gasteiger partial charge in [0.15, 0.2) is 0 Å². The molecule has 126 valence electrons. The molecule has 0 aromatic carbocycles. The molecule has 2 N–H and O–H groups in total. The van der Waals surface area contributed by atoms with Crippen molar-refractivity contribution in [3.63, 3.8) is 0 Å². The van der Waals surface area contributed by atoms with E-state index in [9.17, 15) is 14.4 Å². The molecule has 2 atom stereocenters. The molecule has 0 spiro atoms. The summed E-state index contributed by atoms with van der Waals surface area (Å²) in [5, 5.41) is 5.37. The van der Waals surface area contributed by atoms with Gasteiger partial charge in [0.2, 0.25) is 11.7 Å². The lowest BCUT2D eigenvalue weighted by Gasteiger charge is -2.24. The molecule has 0 bridgehead atoms. The Kier molecular flexibility index (Phi) is 7.51. The molecular weight excluding hydrogens is 282 g/mol. The van der Waals surface area contributed by atoms with Crippen LogP contribution in [0.25, 0.3) is 0 Å². The summed E-state index contributed by atoms with van der Waals surface area (Å²) < 4.78 is 0. The van der Waals surface area contributed by atoms with E-state index in [2.05, 4.69) is 10.6 Å². The fraction of sp³-hybridized carbons (Fsp3) is 0.812. The van der Waals surface area contributed by atoms with Gasteiger partial charge in [-0.1, -0.05) is 20.8 Å². The van der Waals surface area contributed by atoms with Crippen LogP contribution in [0.3, 0.4) is 0 Å². The van der Waals surface area contributed by atoms with Crippen molar-refractivity contribution in [2.45, 2.75) is 58.5 Å². The van der Waals surface area contributed by atoms with E-state index in [1.54, 1.807) is 0 Å². The van der Waals surface area contributed by atoms with Crippen LogP contribution in [0.2, 0.25) is 0 Å². The number of nitrogens with one attached hydrogen (secondary N) is 2. The van der Waals surface area contributed by atoms with E-state index in [0.717, 1.165) is 25.8 Å². The predicted molar refractivity (Wildman–Crippen MR) is 85.3 cm³/mol. The van der Waals surface area contributed by atoms with Gasteiger partial charge < -0.3 is 10.6 Å². The third kappa shape index (κ3) is 5.40. The zero-order valence-corrected chi connectivity index (χ0v) is 14.1. The summed E-state index contributed by atoms with van der Waals surface area (Å²) >= 11 is 0. The molecule has 1 aliphatic rings. The first-order chi connectivity index (χ1) is 10.4. The molecule has 6 heteroatoms. The van der Waals surface area contributed by atoms with Gasteiger partial charge >= 0.3 is 0 Å². The van der Waals surface area contributed by atoms with Gasteiger partial charge in [0.1, 0.15) is 0 Å². The highest BCUT2D eigenvalue weighted by Crippen LogP contribution is 2.15. The summed E-state index contributed by atoms with van der Waals surface area (Å²) in [7, 11) is 1.91. The third-order valence-electron chi connectivity index (χ3n) is 3.92. The lowest BCUT2D eigenvalue weighted by atomic mass is 9.99. The molecule has 0 aromatic heterocycles. The summed E-state index contributed by atoms with van der Waals surface area (Å²) in [6.45, 7) is 7.22. The van der Waals surface area contributed by atoms with Crippen molar-refractivity contribution < 1.29 is 14.4 Å². The monoisotopic (exact) mass is 311 g/mol. The summed E-state index contributed by atoms with van der Waals surface area (Å²) in [6.07, 6.45) is 3.02. The van der Waals surface area contributed by atoms with Gasteiger partial charge in [-0.25, -0.2) is 0 Å². The Morgan fingerprint density at radius 1 is 1.27 bits per heavy atom. The lowest BCUT2D eigenvalue weighted by Crippen LogP contribution is -2.52. The van der Waals surface area contributed by atoms with Crippen LogP contribution in [0.1, 0.15) is 46.5 Å². The largest absolute Gasteiger partial charge is 0.349 e. The summed E-state index contributed by atoms with van der Waals surface area (Å²) in [5.74, 6) is -1.08. The SMILES string of the molecule is CCCNC(=O)C(=O)C(CC(C)C)NC(=O)C1CCCN1C. The Hall–Kier alpha value is -1.43. The van der Waals surface area contributed by atoms with Crippen molar-refractivity contribution in [3.8, 4) is 0 Å². The number of amides is 2. The van der Waals surface area contributed by atoms with E-state index in [1.807, 2.05) is 32.7 Å². The number of nitrogens with zero attached hydrogens (tertiary/aromatic N) is 1. The number of carbonyl (C=O) groups excluding carboxylic acids is 3. The maximum Gasteiger partial charge on any atom is 0.289 e. The Balaban J connectivity index is 2.69. The molecule has 1 saturated heterocycles. The van der Waals surface area contributed by atoms with Crippen LogP contribution in [0.15, 0.2) is 0 Å². The molecule has 22 heavy (non-hydrogen) atoms. The van der Waals surface area contributed by atoms with Crippen LogP contribution in [0.4, 0.5) is 0 Å². The van der Waals surface area contributed by atoms with E-state index in [-0.39, 0.29) is 17.9 Å². The highest BCUT2D eigenvalue weighted by atomic mass is 16.2. The normalized spacial score (nSPS) is 20.0. The van der Waals surface area contributed by atoms with E-state index >= 15 is 0 Å².